The molecule has 20 heavy (non-hydrogen) atoms. The Morgan fingerprint density at radius 3 is 2.75 bits per heavy atom. The predicted octanol–water partition coefficient (Wildman–Crippen LogP) is 2.70. The Labute approximate surface area is 125 Å². The van der Waals surface area contributed by atoms with Gasteiger partial charge >= 0.3 is 0 Å². The van der Waals surface area contributed by atoms with Crippen molar-refractivity contribution in [3.63, 3.8) is 0 Å². The molecule has 1 atom stereocenters. The minimum atomic E-state index is -0.173. The molecule has 2 rings (SSSR count). The van der Waals surface area contributed by atoms with E-state index >= 15 is 0 Å². The number of aliphatic hydroxyl groups is 1. The van der Waals surface area contributed by atoms with Crippen molar-refractivity contribution in [2.75, 3.05) is 27.3 Å². The van der Waals surface area contributed by atoms with E-state index in [1.165, 1.54) is 0 Å². The summed E-state index contributed by atoms with van der Waals surface area (Å²) in [5.74, 6) is 1.45. The first-order chi connectivity index (χ1) is 9.63. The second-order valence-electron chi connectivity index (χ2n) is 5.15. The van der Waals surface area contributed by atoms with Crippen LogP contribution >= 0.6 is 11.6 Å². The van der Waals surface area contributed by atoms with Crippen molar-refractivity contribution in [3.8, 4) is 11.5 Å². The topological polar surface area (TPSA) is 41.9 Å². The minimum Gasteiger partial charge on any atom is -0.497 e. The van der Waals surface area contributed by atoms with Crippen molar-refractivity contribution in [3.05, 3.63) is 22.7 Å². The number of halogens is 1. The molecule has 0 spiro atoms. The lowest BCUT2D eigenvalue weighted by atomic mass is 10.1. The smallest absolute Gasteiger partial charge is 0.128 e. The zero-order valence-electron chi connectivity index (χ0n) is 12.1. The summed E-state index contributed by atoms with van der Waals surface area (Å²) in [5, 5.41) is 10.4. The molecule has 4 nitrogen and oxygen atoms in total. The zero-order chi connectivity index (χ0) is 14.5. The number of hydrogen-bond donors (Lipinski definition) is 1. The molecular formula is C15H22ClNO3. The predicted molar refractivity (Wildman–Crippen MR) is 79.7 cm³/mol. The average molecular weight is 300 g/mol. The van der Waals surface area contributed by atoms with Gasteiger partial charge in [-0.05, 0) is 31.9 Å². The van der Waals surface area contributed by atoms with E-state index in [4.69, 9.17) is 21.1 Å². The van der Waals surface area contributed by atoms with E-state index < -0.39 is 0 Å². The molecule has 0 unspecified atom stereocenters. The van der Waals surface area contributed by atoms with Crippen LogP contribution in [0, 0.1) is 0 Å². The summed E-state index contributed by atoms with van der Waals surface area (Å²) in [4.78, 5) is 2.31. The number of likely N-dealkylation sites (tertiary alicyclic amines) is 1. The van der Waals surface area contributed by atoms with Gasteiger partial charge in [-0.2, -0.15) is 0 Å². The lowest BCUT2D eigenvalue weighted by Gasteiger charge is -2.22. The van der Waals surface area contributed by atoms with Crippen LogP contribution in [0.25, 0.3) is 0 Å². The number of nitrogens with zero attached hydrogens (tertiary/aromatic N) is 1. The number of hydrogen-bond acceptors (Lipinski definition) is 4. The van der Waals surface area contributed by atoms with Gasteiger partial charge in [-0.25, -0.2) is 0 Å². The highest BCUT2D eigenvalue weighted by Gasteiger charge is 2.18. The highest BCUT2D eigenvalue weighted by molar-refractivity contribution is 6.31. The zero-order valence-corrected chi connectivity index (χ0v) is 12.8. The Hall–Kier alpha value is -0.970. The van der Waals surface area contributed by atoms with Crippen molar-refractivity contribution in [2.45, 2.75) is 31.9 Å². The SMILES string of the molecule is COc1cc(Cl)c(CN2CCC[C@H](O)CC2)c(OC)c1. The summed E-state index contributed by atoms with van der Waals surface area (Å²) >= 11 is 6.34. The van der Waals surface area contributed by atoms with E-state index in [9.17, 15) is 5.11 Å². The Bertz CT molecular complexity index is 453. The van der Waals surface area contributed by atoms with Crippen LogP contribution in [-0.2, 0) is 6.54 Å². The summed E-state index contributed by atoms with van der Waals surface area (Å²) < 4.78 is 10.6. The highest BCUT2D eigenvalue weighted by atomic mass is 35.5. The molecule has 0 aromatic heterocycles. The molecule has 1 heterocycles. The van der Waals surface area contributed by atoms with Crippen LogP contribution in [0.1, 0.15) is 24.8 Å². The van der Waals surface area contributed by atoms with Gasteiger partial charge in [0, 0.05) is 24.7 Å². The molecule has 5 heteroatoms. The maximum absolute atomic E-state index is 9.70. The Morgan fingerprint density at radius 1 is 1.25 bits per heavy atom. The van der Waals surface area contributed by atoms with Crippen LogP contribution in [0.15, 0.2) is 12.1 Å². The van der Waals surface area contributed by atoms with Crippen LogP contribution in [0.5, 0.6) is 11.5 Å². The molecule has 0 radical (unpaired) electrons. The monoisotopic (exact) mass is 299 g/mol. The minimum absolute atomic E-state index is 0.173. The molecule has 112 valence electrons. The molecule has 0 bridgehead atoms. The Morgan fingerprint density at radius 2 is 2.05 bits per heavy atom. The third kappa shape index (κ3) is 3.78. The number of aliphatic hydroxyl groups excluding tert-OH is 1. The second-order valence-corrected chi connectivity index (χ2v) is 5.56. The van der Waals surface area contributed by atoms with Crippen molar-refractivity contribution >= 4 is 11.6 Å². The third-order valence-corrected chi connectivity index (χ3v) is 4.09. The van der Waals surface area contributed by atoms with Crippen LogP contribution in [0.3, 0.4) is 0 Å². The molecule has 0 amide bonds. The molecule has 1 aromatic carbocycles. The van der Waals surface area contributed by atoms with E-state index in [-0.39, 0.29) is 6.10 Å². The van der Waals surface area contributed by atoms with Crippen molar-refractivity contribution in [1.29, 1.82) is 0 Å². The van der Waals surface area contributed by atoms with Gasteiger partial charge in [0.2, 0.25) is 0 Å². The van der Waals surface area contributed by atoms with Crippen LogP contribution in [0.4, 0.5) is 0 Å². The Kier molecular flexibility index (Phi) is 5.52. The highest BCUT2D eigenvalue weighted by Crippen LogP contribution is 2.33. The van der Waals surface area contributed by atoms with E-state index in [1.54, 1.807) is 14.2 Å². The normalized spacial score (nSPS) is 20.5. The maximum Gasteiger partial charge on any atom is 0.128 e. The first-order valence-corrected chi connectivity index (χ1v) is 7.32. The molecule has 1 aromatic rings. The van der Waals surface area contributed by atoms with Gasteiger partial charge in [-0.1, -0.05) is 11.6 Å². The summed E-state index contributed by atoms with van der Waals surface area (Å²) in [5.41, 5.74) is 0.978. The quantitative estimate of drug-likeness (QED) is 0.928. The molecule has 1 aliphatic heterocycles. The van der Waals surface area contributed by atoms with Crippen LogP contribution in [0.2, 0.25) is 5.02 Å². The standard InChI is InChI=1S/C15H22ClNO3/c1-19-12-8-14(16)13(15(9-12)20-2)10-17-6-3-4-11(18)5-7-17/h8-9,11,18H,3-7,10H2,1-2H3/t11-/m0/s1. The molecule has 1 fully saturated rings. The van der Waals surface area contributed by atoms with Gasteiger partial charge in [0.1, 0.15) is 11.5 Å². The van der Waals surface area contributed by atoms with Crippen LogP contribution in [-0.4, -0.2) is 43.4 Å². The largest absolute Gasteiger partial charge is 0.497 e. The maximum atomic E-state index is 9.70. The molecule has 1 saturated heterocycles. The fourth-order valence-electron chi connectivity index (χ4n) is 2.56. The average Bonchev–Trinajstić information content (AvgIpc) is 2.65. The number of ether oxygens (including phenoxy) is 2. The van der Waals surface area contributed by atoms with E-state index in [0.29, 0.717) is 10.8 Å². The molecule has 1 N–H and O–H groups in total. The third-order valence-electron chi connectivity index (χ3n) is 3.76. The first kappa shape index (κ1) is 15.4. The lowest BCUT2D eigenvalue weighted by Crippen LogP contribution is -2.25. The van der Waals surface area contributed by atoms with Crippen LogP contribution < -0.4 is 9.47 Å². The molecule has 0 saturated carbocycles. The summed E-state index contributed by atoms with van der Waals surface area (Å²) in [6, 6.07) is 3.67. The van der Waals surface area contributed by atoms with E-state index in [1.807, 2.05) is 12.1 Å². The number of methoxy groups -OCH3 is 2. The van der Waals surface area contributed by atoms with Crippen molar-refractivity contribution in [2.24, 2.45) is 0 Å². The summed E-state index contributed by atoms with van der Waals surface area (Å²) in [6.45, 7) is 2.59. The van der Waals surface area contributed by atoms with Gasteiger partial charge < -0.3 is 14.6 Å². The van der Waals surface area contributed by atoms with Gasteiger partial charge in [0.15, 0.2) is 0 Å². The van der Waals surface area contributed by atoms with Gasteiger partial charge in [0.25, 0.3) is 0 Å². The Balaban J connectivity index is 2.15. The molecule has 1 aliphatic rings. The summed E-state index contributed by atoms with van der Waals surface area (Å²) in [7, 11) is 3.25. The van der Waals surface area contributed by atoms with Crippen molar-refractivity contribution < 1.29 is 14.6 Å². The fraction of sp³-hybridized carbons (Fsp3) is 0.600. The second kappa shape index (κ2) is 7.16. The van der Waals surface area contributed by atoms with E-state index in [0.717, 1.165) is 50.2 Å². The van der Waals surface area contributed by atoms with E-state index in [2.05, 4.69) is 4.90 Å². The van der Waals surface area contributed by atoms with Gasteiger partial charge in [0.05, 0.1) is 25.3 Å². The fourth-order valence-corrected chi connectivity index (χ4v) is 2.82. The lowest BCUT2D eigenvalue weighted by molar-refractivity contribution is 0.154. The first-order valence-electron chi connectivity index (χ1n) is 6.95. The van der Waals surface area contributed by atoms with Gasteiger partial charge in [-0.3, -0.25) is 4.90 Å². The number of rotatable bonds is 4. The molecular weight excluding hydrogens is 278 g/mol. The van der Waals surface area contributed by atoms with Gasteiger partial charge in [-0.15, -0.1) is 0 Å². The van der Waals surface area contributed by atoms with Crippen molar-refractivity contribution in [1.82, 2.24) is 4.90 Å². The number of benzene rings is 1. The molecule has 0 aliphatic carbocycles. The summed E-state index contributed by atoms with van der Waals surface area (Å²) in [6.07, 6.45) is 2.53.